The zero-order chi connectivity index (χ0) is 7.40. The van der Waals surface area contributed by atoms with Crippen LogP contribution in [-0.2, 0) is 0 Å². The molecule has 1 nitrogen and oxygen atoms in total. The van der Waals surface area contributed by atoms with Crippen molar-refractivity contribution in [3.05, 3.63) is 11.6 Å². The van der Waals surface area contributed by atoms with Crippen molar-refractivity contribution < 1.29 is 5.11 Å². The highest BCUT2D eigenvalue weighted by Gasteiger charge is 2.11. The highest BCUT2D eigenvalue weighted by Crippen LogP contribution is 2.22. The van der Waals surface area contributed by atoms with Gasteiger partial charge in [0.05, 0.1) is 6.10 Å². The van der Waals surface area contributed by atoms with Crippen LogP contribution in [0.3, 0.4) is 0 Å². The Balaban J connectivity index is 2.22. The molecule has 0 heterocycles. The van der Waals surface area contributed by atoms with Gasteiger partial charge in [0.2, 0.25) is 0 Å². The third kappa shape index (κ3) is 2.14. The van der Waals surface area contributed by atoms with Crippen LogP contribution in [0, 0.1) is 0 Å². The fourth-order valence-corrected chi connectivity index (χ4v) is 1.38. The lowest BCUT2D eigenvalue weighted by molar-refractivity contribution is 0.223. The van der Waals surface area contributed by atoms with E-state index in [4.69, 9.17) is 5.11 Å². The summed E-state index contributed by atoms with van der Waals surface area (Å²) in [5.41, 5.74) is 1.47. The van der Waals surface area contributed by atoms with Crippen LogP contribution in [0.25, 0.3) is 0 Å². The van der Waals surface area contributed by atoms with Gasteiger partial charge in [0, 0.05) is 0 Å². The van der Waals surface area contributed by atoms with Crippen molar-refractivity contribution in [3.8, 4) is 0 Å². The van der Waals surface area contributed by atoms with Crippen LogP contribution in [0.4, 0.5) is 0 Å². The predicted octanol–water partition coefficient (Wildman–Crippen LogP) is 2.26. The minimum absolute atomic E-state index is 0.133. The third-order valence-electron chi connectivity index (χ3n) is 2.04. The molecule has 1 unspecified atom stereocenters. The van der Waals surface area contributed by atoms with Crippen LogP contribution >= 0.6 is 0 Å². The van der Waals surface area contributed by atoms with Gasteiger partial charge in [0.25, 0.3) is 0 Å². The molecule has 58 valence electrons. The molecule has 1 N–H and O–H groups in total. The van der Waals surface area contributed by atoms with Gasteiger partial charge in [-0.2, -0.15) is 0 Å². The molecule has 1 aliphatic carbocycles. The number of allylic oxidation sites excluding steroid dienone is 1. The molecule has 0 aromatic heterocycles. The molecule has 0 saturated heterocycles. The third-order valence-corrected chi connectivity index (χ3v) is 2.04. The molecule has 10 heavy (non-hydrogen) atoms. The summed E-state index contributed by atoms with van der Waals surface area (Å²) in [5.74, 6) is 0. The average Bonchev–Trinajstić information content (AvgIpc) is 2.31. The van der Waals surface area contributed by atoms with E-state index < -0.39 is 0 Å². The summed E-state index contributed by atoms with van der Waals surface area (Å²) in [6.07, 6.45) is 7.71. The van der Waals surface area contributed by atoms with Crippen molar-refractivity contribution in [2.24, 2.45) is 0 Å². The maximum absolute atomic E-state index is 9.12. The molecule has 0 radical (unpaired) electrons. The SMILES string of the molecule is CCCCC1=CC(O)CC1. The summed E-state index contributed by atoms with van der Waals surface area (Å²) in [5, 5.41) is 9.12. The number of hydrogen-bond donors (Lipinski definition) is 1. The second-order valence-electron chi connectivity index (χ2n) is 3.03. The summed E-state index contributed by atoms with van der Waals surface area (Å²) in [6.45, 7) is 2.20. The Morgan fingerprint density at radius 3 is 3.00 bits per heavy atom. The van der Waals surface area contributed by atoms with Gasteiger partial charge in [-0.05, 0) is 25.7 Å². The smallest absolute Gasteiger partial charge is 0.0726 e. The van der Waals surface area contributed by atoms with Crippen molar-refractivity contribution in [2.75, 3.05) is 0 Å². The summed E-state index contributed by atoms with van der Waals surface area (Å²) < 4.78 is 0. The van der Waals surface area contributed by atoms with Gasteiger partial charge < -0.3 is 5.11 Å². The molecule has 1 rings (SSSR count). The van der Waals surface area contributed by atoms with Gasteiger partial charge >= 0.3 is 0 Å². The first kappa shape index (κ1) is 7.80. The van der Waals surface area contributed by atoms with Crippen LogP contribution in [0.15, 0.2) is 11.6 Å². The Kier molecular flexibility index (Phi) is 2.94. The molecule has 0 spiro atoms. The van der Waals surface area contributed by atoms with E-state index in [0.717, 1.165) is 12.8 Å². The zero-order valence-corrected chi connectivity index (χ0v) is 6.64. The van der Waals surface area contributed by atoms with E-state index in [1.807, 2.05) is 6.08 Å². The lowest BCUT2D eigenvalue weighted by Crippen LogP contribution is -1.93. The maximum Gasteiger partial charge on any atom is 0.0726 e. The van der Waals surface area contributed by atoms with Crippen molar-refractivity contribution >= 4 is 0 Å². The summed E-state index contributed by atoms with van der Waals surface area (Å²) in [6, 6.07) is 0. The Labute approximate surface area is 62.8 Å². The molecule has 0 aliphatic heterocycles. The van der Waals surface area contributed by atoms with E-state index >= 15 is 0 Å². The summed E-state index contributed by atoms with van der Waals surface area (Å²) in [7, 11) is 0. The average molecular weight is 140 g/mol. The van der Waals surface area contributed by atoms with Crippen molar-refractivity contribution in [1.29, 1.82) is 0 Å². The quantitative estimate of drug-likeness (QED) is 0.596. The molecule has 0 fully saturated rings. The Bertz CT molecular complexity index is 127. The molecule has 0 aromatic carbocycles. The molecule has 0 bridgehead atoms. The molecule has 0 aromatic rings. The molecule has 1 heteroatoms. The zero-order valence-electron chi connectivity index (χ0n) is 6.64. The van der Waals surface area contributed by atoms with Crippen LogP contribution in [0.2, 0.25) is 0 Å². The number of rotatable bonds is 3. The first-order valence-electron chi connectivity index (χ1n) is 4.20. The van der Waals surface area contributed by atoms with E-state index in [0.29, 0.717) is 0 Å². The molecule has 1 aliphatic rings. The summed E-state index contributed by atoms with van der Waals surface area (Å²) >= 11 is 0. The van der Waals surface area contributed by atoms with Crippen LogP contribution < -0.4 is 0 Å². The Hall–Kier alpha value is -0.300. The van der Waals surface area contributed by atoms with E-state index in [-0.39, 0.29) is 6.10 Å². The van der Waals surface area contributed by atoms with E-state index in [1.165, 1.54) is 24.8 Å². The number of unbranched alkanes of at least 4 members (excludes halogenated alkanes) is 1. The molecule has 0 amide bonds. The van der Waals surface area contributed by atoms with E-state index in [1.54, 1.807) is 0 Å². The minimum atomic E-state index is -0.133. The molecule has 0 saturated carbocycles. The standard InChI is InChI=1S/C9H16O/c1-2-3-4-8-5-6-9(10)7-8/h7,9-10H,2-6H2,1H3. The molecule has 1 atom stereocenters. The van der Waals surface area contributed by atoms with Gasteiger partial charge in [-0.3, -0.25) is 0 Å². The van der Waals surface area contributed by atoms with Gasteiger partial charge in [-0.1, -0.05) is 25.0 Å². The van der Waals surface area contributed by atoms with E-state index in [9.17, 15) is 0 Å². The lowest BCUT2D eigenvalue weighted by atomic mass is 10.1. The maximum atomic E-state index is 9.12. The van der Waals surface area contributed by atoms with Crippen molar-refractivity contribution in [1.82, 2.24) is 0 Å². The van der Waals surface area contributed by atoms with Crippen LogP contribution in [-0.4, -0.2) is 11.2 Å². The number of aliphatic hydroxyl groups excluding tert-OH is 1. The second kappa shape index (κ2) is 3.77. The van der Waals surface area contributed by atoms with E-state index in [2.05, 4.69) is 6.92 Å². The highest BCUT2D eigenvalue weighted by atomic mass is 16.3. The number of aliphatic hydroxyl groups is 1. The van der Waals surface area contributed by atoms with Gasteiger partial charge in [0.15, 0.2) is 0 Å². The topological polar surface area (TPSA) is 20.2 Å². The minimum Gasteiger partial charge on any atom is -0.389 e. The normalized spacial score (nSPS) is 25.0. The van der Waals surface area contributed by atoms with Gasteiger partial charge in [0.1, 0.15) is 0 Å². The monoisotopic (exact) mass is 140 g/mol. The summed E-state index contributed by atoms with van der Waals surface area (Å²) in [4.78, 5) is 0. The Morgan fingerprint density at radius 2 is 2.50 bits per heavy atom. The predicted molar refractivity (Wildman–Crippen MR) is 42.8 cm³/mol. The fraction of sp³-hybridized carbons (Fsp3) is 0.778. The largest absolute Gasteiger partial charge is 0.389 e. The van der Waals surface area contributed by atoms with Gasteiger partial charge in [-0.15, -0.1) is 0 Å². The van der Waals surface area contributed by atoms with Gasteiger partial charge in [-0.25, -0.2) is 0 Å². The van der Waals surface area contributed by atoms with Crippen LogP contribution in [0.5, 0.6) is 0 Å². The molecular formula is C9H16O. The molecular weight excluding hydrogens is 124 g/mol. The first-order valence-corrected chi connectivity index (χ1v) is 4.20. The number of hydrogen-bond acceptors (Lipinski definition) is 1. The van der Waals surface area contributed by atoms with Crippen molar-refractivity contribution in [3.63, 3.8) is 0 Å². The van der Waals surface area contributed by atoms with Crippen molar-refractivity contribution in [2.45, 2.75) is 45.1 Å². The highest BCUT2D eigenvalue weighted by molar-refractivity contribution is 5.11. The second-order valence-corrected chi connectivity index (χ2v) is 3.03. The Morgan fingerprint density at radius 1 is 1.70 bits per heavy atom. The van der Waals surface area contributed by atoms with Crippen LogP contribution in [0.1, 0.15) is 39.0 Å². The first-order chi connectivity index (χ1) is 4.83. The fourth-order valence-electron chi connectivity index (χ4n) is 1.38. The lowest BCUT2D eigenvalue weighted by Gasteiger charge is -1.96.